The van der Waals surface area contributed by atoms with Gasteiger partial charge in [0.15, 0.2) is 11.0 Å². The van der Waals surface area contributed by atoms with Gasteiger partial charge in [0.2, 0.25) is 5.91 Å². The number of nitrogens with zero attached hydrogens (tertiary/aromatic N) is 5. The number of aromatic nitrogens is 3. The van der Waals surface area contributed by atoms with Gasteiger partial charge in [-0.3, -0.25) is 9.69 Å². The lowest BCUT2D eigenvalue weighted by Gasteiger charge is -2.23. The van der Waals surface area contributed by atoms with E-state index >= 15 is 0 Å². The van der Waals surface area contributed by atoms with Crippen molar-refractivity contribution in [3.8, 4) is 22.8 Å². The van der Waals surface area contributed by atoms with Crippen LogP contribution in [-0.2, 0) is 16.0 Å². The number of alkyl halides is 3. The van der Waals surface area contributed by atoms with E-state index in [1.54, 1.807) is 19.2 Å². The largest absolute Gasteiger partial charge is 0.573 e. The van der Waals surface area contributed by atoms with Crippen LogP contribution in [0.1, 0.15) is 36.6 Å². The molecule has 1 fully saturated rings. The predicted octanol–water partition coefficient (Wildman–Crippen LogP) is 7.08. The van der Waals surface area contributed by atoms with Crippen LogP contribution in [0.2, 0.25) is 0 Å². The quantitative estimate of drug-likeness (QED) is 0.220. The molecule has 1 aliphatic rings. The number of benzene rings is 3. The molecule has 10 nitrogen and oxygen atoms in total. The first-order valence-corrected chi connectivity index (χ1v) is 14.8. The molecule has 234 valence electrons. The maximum atomic E-state index is 13.1. The van der Waals surface area contributed by atoms with Gasteiger partial charge in [-0.2, -0.15) is 4.99 Å². The summed E-state index contributed by atoms with van der Waals surface area (Å²) in [7, 11) is 1.59. The minimum atomic E-state index is -4.78. The van der Waals surface area contributed by atoms with Crippen molar-refractivity contribution < 1.29 is 32.2 Å². The van der Waals surface area contributed by atoms with Crippen molar-refractivity contribution in [3.63, 3.8) is 0 Å². The van der Waals surface area contributed by atoms with E-state index in [2.05, 4.69) is 25.1 Å². The van der Waals surface area contributed by atoms with E-state index in [0.29, 0.717) is 34.9 Å². The first kappa shape index (κ1) is 31.7. The van der Waals surface area contributed by atoms with Crippen LogP contribution in [-0.4, -0.2) is 51.1 Å². The number of thioether (sulfide) groups is 1. The molecule has 0 spiro atoms. The van der Waals surface area contributed by atoms with Crippen molar-refractivity contribution >= 4 is 40.2 Å². The lowest BCUT2D eigenvalue weighted by atomic mass is 10.0. The van der Waals surface area contributed by atoms with E-state index in [4.69, 9.17) is 4.74 Å². The molecule has 1 saturated heterocycles. The third-order valence-electron chi connectivity index (χ3n) is 6.99. The highest BCUT2D eigenvalue weighted by Crippen LogP contribution is 2.35. The number of urea groups is 1. The maximum Gasteiger partial charge on any atom is 0.573 e. The Kier molecular flexibility index (Phi) is 9.25. The van der Waals surface area contributed by atoms with Crippen molar-refractivity contribution in [1.29, 1.82) is 0 Å². The first-order valence-electron chi connectivity index (χ1n) is 13.9. The van der Waals surface area contributed by atoms with Gasteiger partial charge in [0.1, 0.15) is 12.1 Å². The average molecular weight is 639 g/mol. The molecular formula is C31H29F3N6O4S. The fraction of sp³-hybridized carbons (Fsp3) is 0.258. The smallest absolute Gasteiger partial charge is 0.406 e. The second-order valence-corrected chi connectivity index (χ2v) is 11.0. The first-order chi connectivity index (χ1) is 21.5. The van der Waals surface area contributed by atoms with Gasteiger partial charge >= 0.3 is 12.4 Å². The van der Waals surface area contributed by atoms with E-state index in [0.717, 1.165) is 16.7 Å². The highest BCUT2D eigenvalue weighted by atomic mass is 32.2. The Balaban J connectivity index is 1.34. The number of hydrogen-bond donors (Lipinski definition) is 1. The Morgan fingerprint density at radius 1 is 1.13 bits per heavy atom. The van der Waals surface area contributed by atoms with Crippen LogP contribution < -0.4 is 15.0 Å². The molecule has 2 heterocycles. The van der Waals surface area contributed by atoms with Gasteiger partial charge in [-0.25, -0.2) is 14.5 Å². The summed E-state index contributed by atoms with van der Waals surface area (Å²) in [5.41, 5.74) is 4.89. The van der Waals surface area contributed by atoms with Crippen molar-refractivity contribution in [2.24, 2.45) is 4.99 Å². The molecule has 0 aliphatic carbocycles. The highest BCUT2D eigenvalue weighted by molar-refractivity contribution is 8.15. The zero-order valence-corrected chi connectivity index (χ0v) is 25.6. The number of rotatable bonds is 8. The number of aliphatic imine (C=N–C) groups is 1. The third kappa shape index (κ3) is 7.35. The van der Waals surface area contributed by atoms with Crippen LogP contribution in [0, 0.1) is 6.92 Å². The van der Waals surface area contributed by atoms with Crippen molar-refractivity contribution in [2.75, 3.05) is 23.1 Å². The molecule has 3 amide bonds. The number of amidine groups is 1. The van der Waals surface area contributed by atoms with Crippen LogP contribution in [0.25, 0.3) is 17.1 Å². The molecule has 45 heavy (non-hydrogen) atoms. The summed E-state index contributed by atoms with van der Waals surface area (Å²) in [6.45, 7) is 5.74. The molecule has 1 unspecified atom stereocenters. The van der Waals surface area contributed by atoms with Gasteiger partial charge in [0, 0.05) is 23.9 Å². The molecule has 0 bridgehead atoms. The molecule has 0 radical (unpaired) electrons. The zero-order chi connectivity index (χ0) is 32.3. The van der Waals surface area contributed by atoms with Crippen LogP contribution in [0.4, 0.5) is 29.3 Å². The van der Waals surface area contributed by atoms with Crippen LogP contribution in [0.15, 0.2) is 72.0 Å². The number of anilines is 2. The van der Waals surface area contributed by atoms with E-state index in [-0.39, 0.29) is 28.7 Å². The lowest BCUT2D eigenvalue weighted by molar-refractivity contribution is -0.274. The second-order valence-electron chi connectivity index (χ2n) is 10.1. The minimum Gasteiger partial charge on any atom is -0.406 e. The minimum absolute atomic E-state index is 0.154. The number of halogens is 3. The van der Waals surface area contributed by atoms with Crippen molar-refractivity contribution in [1.82, 2.24) is 14.8 Å². The number of amides is 3. The standard InChI is InChI=1S/C31H29F3N6O4S/c1-5-20-15-21(28-35-17-39(38-28)22-8-10-23(11-9-22)44-31(32,33)34)7-13-25(20)36-29(42)37-30-40(27(41)16-45-30)26-14-18(2)6-12-24(26)19(3)43-4/h6-15,17,19H,5,16H2,1-4H3,(H,36,42)/b37-30-. The molecule has 1 aliphatic heterocycles. The number of carbonyl (C=O) groups excluding carboxylic acids is 2. The predicted molar refractivity (Wildman–Crippen MR) is 166 cm³/mol. The van der Waals surface area contributed by atoms with E-state index in [1.165, 1.54) is 51.9 Å². The molecule has 4 aromatic rings. The number of carbonyl (C=O) groups is 2. The topological polar surface area (TPSA) is 111 Å². The molecule has 14 heteroatoms. The second kappa shape index (κ2) is 13.1. The Bertz CT molecular complexity index is 1760. The Labute approximate surface area is 261 Å². The number of hydrogen-bond acceptors (Lipinski definition) is 7. The molecule has 1 aromatic heterocycles. The molecule has 3 aromatic carbocycles. The molecule has 0 saturated carbocycles. The highest BCUT2D eigenvalue weighted by Gasteiger charge is 2.33. The molecule has 1 N–H and O–H groups in total. The number of ether oxygens (including phenoxy) is 2. The lowest BCUT2D eigenvalue weighted by Crippen LogP contribution is -2.31. The normalized spacial score (nSPS) is 15.0. The molecule has 5 rings (SSSR count). The number of aryl methyl sites for hydroxylation is 2. The Hall–Kier alpha value is -4.69. The van der Waals surface area contributed by atoms with Crippen LogP contribution >= 0.6 is 11.8 Å². The van der Waals surface area contributed by atoms with E-state index < -0.39 is 12.4 Å². The average Bonchev–Trinajstić information content (AvgIpc) is 3.63. The Morgan fingerprint density at radius 2 is 1.89 bits per heavy atom. The van der Waals surface area contributed by atoms with E-state index in [1.807, 2.05) is 45.0 Å². The van der Waals surface area contributed by atoms with Gasteiger partial charge in [-0.05, 0) is 79.9 Å². The van der Waals surface area contributed by atoms with E-state index in [9.17, 15) is 22.8 Å². The van der Waals surface area contributed by atoms with Gasteiger partial charge in [-0.15, -0.1) is 18.3 Å². The third-order valence-corrected chi connectivity index (χ3v) is 7.92. The summed E-state index contributed by atoms with van der Waals surface area (Å²) < 4.78 is 48.2. The SMILES string of the molecule is CCc1cc(-c2ncn(-c3ccc(OC(F)(F)F)cc3)n2)ccc1NC(=O)/N=C1\SCC(=O)N1c1cc(C)ccc1C(C)OC. The molecular weight excluding hydrogens is 609 g/mol. The van der Waals surface area contributed by atoms with Crippen LogP contribution in [0.3, 0.4) is 0 Å². The Morgan fingerprint density at radius 3 is 2.58 bits per heavy atom. The summed E-state index contributed by atoms with van der Waals surface area (Å²) >= 11 is 1.19. The van der Waals surface area contributed by atoms with Crippen LogP contribution in [0.5, 0.6) is 5.75 Å². The van der Waals surface area contributed by atoms with Crippen molar-refractivity contribution in [3.05, 3.63) is 83.7 Å². The summed E-state index contributed by atoms with van der Waals surface area (Å²) in [6, 6.07) is 15.7. The maximum absolute atomic E-state index is 13.1. The van der Waals surface area contributed by atoms with Crippen molar-refractivity contribution in [2.45, 2.75) is 39.7 Å². The summed E-state index contributed by atoms with van der Waals surface area (Å²) in [6.07, 6.45) is -3.03. The molecule has 1 atom stereocenters. The zero-order valence-electron chi connectivity index (χ0n) is 24.8. The fourth-order valence-corrected chi connectivity index (χ4v) is 5.56. The van der Waals surface area contributed by atoms with Gasteiger partial charge in [0.25, 0.3) is 0 Å². The number of methoxy groups -OCH3 is 1. The monoisotopic (exact) mass is 638 g/mol. The summed E-state index contributed by atoms with van der Waals surface area (Å²) in [5.74, 6) is 0.0151. The summed E-state index contributed by atoms with van der Waals surface area (Å²) in [4.78, 5) is 36.1. The number of nitrogens with one attached hydrogen (secondary N) is 1. The van der Waals surface area contributed by atoms with Gasteiger partial charge in [-0.1, -0.05) is 30.8 Å². The van der Waals surface area contributed by atoms with Gasteiger partial charge < -0.3 is 14.8 Å². The summed E-state index contributed by atoms with van der Waals surface area (Å²) in [5, 5.41) is 7.55. The van der Waals surface area contributed by atoms with Gasteiger partial charge in [0.05, 0.1) is 23.2 Å². The fourth-order valence-electron chi connectivity index (χ4n) is 4.70.